The molecule has 2 heterocycles. The highest BCUT2D eigenvalue weighted by Gasteiger charge is 2.24. The Bertz CT molecular complexity index is 1040. The number of anilines is 1. The molecule has 9 nitrogen and oxygen atoms in total. The lowest BCUT2D eigenvalue weighted by atomic mass is 10.1. The number of benzene rings is 2. The number of hydrogen-bond acceptors (Lipinski definition) is 8. The van der Waals surface area contributed by atoms with Crippen molar-refractivity contribution in [3.05, 3.63) is 76.0 Å². The zero-order valence-electron chi connectivity index (χ0n) is 16.0. The molecule has 3 aromatic rings. The van der Waals surface area contributed by atoms with E-state index in [0.717, 1.165) is 5.56 Å². The molecule has 30 heavy (non-hydrogen) atoms. The molecule has 0 unspecified atom stereocenters. The van der Waals surface area contributed by atoms with Gasteiger partial charge in [0.1, 0.15) is 18.0 Å². The number of ether oxygens (including phenoxy) is 2. The number of nitro groups is 1. The van der Waals surface area contributed by atoms with Gasteiger partial charge in [0.05, 0.1) is 23.7 Å². The van der Waals surface area contributed by atoms with E-state index in [0.29, 0.717) is 43.4 Å². The number of nitrogens with zero attached hydrogens (tertiary/aromatic N) is 3. The van der Waals surface area contributed by atoms with Gasteiger partial charge in [0.15, 0.2) is 5.76 Å². The van der Waals surface area contributed by atoms with Gasteiger partial charge >= 0.3 is 5.97 Å². The molecule has 1 aromatic heterocycles. The van der Waals surface area contributed by atoms with Gasteiger partial charge in [-0.05, 0) is 12.1 Å². The number of hydrogen-bond donors (Lipinski definition) is 0. The van der Waals surface area contributed by atoms with Crippen LogP contribution in [0.15, 0.2) is 59.1 Å². The maximum atomic E-state index is 12.4. The standard InChI is InChI=1S/C21H19N3O6/c25-21(29-14-17-13-20(30-22-17)15-4-2-1-3-5-15)16-6-7-18(19(12-16)24(26)27)23-8-10-28-11-9-23/h1-7,12-13H,8-11,14H2. The summed E-state index contributed by atoms with van der Waals surface area (Å²) in [5.74, 6) is -0.108. The van der Waals surface area contributed by atoms with Crippen molar-refractivity contribution in [2.75, 3.05) is 31.2 Å². The van der Waals surface area contributed by atoms with E-state index >= 15 is 0 Å². The summed E-state index contributed by atoms with van der Waals surface area (Å²) < 4.78 is 15.8. The van der Waals surface area contributed by atoms with Crippen molar-refractivity contribution in [3.63, 3.8) is 0 Å². The molecule has 0 spiro atoms. The molecule has 2 aromatic carbocycles. The Morgan fingerprint density at radius 1 is 1.13 bits per heavy atom. The molecule has 4 rings (SSSR count). The zero-order valence-corrected chi connectivity index (χ0v) is 16.0. The Labute approximate surface area is 171 Å². The maximum Gasteiger partial charge on any atom is 0.338 e. The number of nitro benzene ring substituents is 1. The highest BCUT2D eigenvalue weighted by Crippen LogP contribution is 2.30. The Morgan fingerprint density at radius 3 is 2.63 bits per heavy atom. The van der Waals surface area contributed by atoms with Crippen LogP contribution in [0.4, 0.5) is 11.4 Å². The number of morpholine rings is 1. The summed E-state index contributed by atoms with van der Waals surface area (Å²) in [5.41, 5.74) is 1.73. The minimum atomic E-state index is -0.670. The minimum Gasteiger partial charge on any atom is -0.455 e. The molecule has 1 saturated heterocycles. The third-order valence-electron chi connectivity index (χ3n) is 4.73. The number of rotatable bonds is 6. The van der Waals surface area contributed by atoms with Crippen LogP contribution in [0.2, 0.25) is 0 Å². The van der Waals surface area contributed by atoms with E-state index in [9.17, 15) is 14.9 Å². The quantitative estimate of drug-likeness (QED) is 0.346. The van der Waals surface area contributed by atoms with Gasteiger partial charge in [-0.25, -0.2) is 4.79 Å². The molecule has 1 aliphatic heterocycles. The van der Waals surface area contributed by atoms with Crippen molar-refractivity contribution >= 4 is 17.3 Å². The van der Waals surface area contributed by atoms with Crippen LogP contribution >= 0.6 is 0 Å². The van der Waals surface area contributed by atoms with E-state index in [-0.39, 0.29) is 17.9 Å². The molecule has 0 bridgehead atoms. The second-order valence-corrected chi connectivity index (χ2v) is 6.68. The summed E-state index contributed by atoms with van der Waals surface area (Å²) in [5, 5.41) is 15.4. The van der Waals surface area contributed by atoms with Crippen LogP contribution in [-0.4, -0.2) is 42.4 Å². The molecule has 9 heteroatoms. The van der Waals surface area contributed by atoms with Crippen molar-refractivity contribution in [3.8, 4) is 11.3 Å². The largest absolute Gasteiger partial charge is 0.455 e. The van der Waals surface area contributed by atoms with E-state index in [1.807, 2.05) is 35.2 Å². The molecule has 1 fully saturated rings. The van der Waals surface area contributed by atoms with Crippen LogP contribution in [0.1, 0.15) is 16.1 Å². The number of carbonyl (C=O) groups is 1. The van der Waals surface area contributed by atoms with Crippen molar-refractivity contribution in [1.82, 2.24) is 5.16 Å². The van der Waals surface area contributed by atoms with Gasteiger partial charge in [0.25, 0.3) is 5.69 Å². The van der Waals surface area contributed by atoms with Crippen LogP contribution in [-0.2, 0) is 16.1 Å². The van der Waals surface area contributed by atoms with Crippen molar-refractivity contribution in [2.45, 2.75) is 6.61 Å². The first kappa shape index (κ1) is 19.6. The van der Waals surface area contributed by atoms with Crippen LogP contribution in [0.3, 0.4) is 0 Å². The van der Waals surface area contributed by atoms with Gasteiger partial charge in [-0.2, -0.15) is 0 Å². The Kier molecular flexibility index (Phi) is 5.71. The first-order chi connectivity index (χ1) is 14.6. The highest BCUT2D eigenvalue weighted by atomic mass is 16.6. The summed E-state index contributed by atoms with van der Waals surface area (Å²) in [7, 11) is 0. The zero-order chi connectivity index (χ0) is 20.9. The van der Waals surface area contributed by atoms with E-state index in [1.165, 1.54) is 12.1 Å². The topological polar surface area (TPSA) is 108 Å². The normalized spacial score (nSPS) is 13.8. The smallest absolute Gasteiger partial charge is 0.338 e. The molecular weight excluding hydrogens is 390 g/mol. The van der Waals surface area contributed by atoms with Gasteiger partial charge < -0.3 is 18.9 Å². The highest BCUT2D eigenvalue weighted by molar-refractivity contribution is 5.91. The molecule has 154 valence electrons. The summed E-state index contributed by atoms with van der Waals surface area (Å²) in [6, 6.07) is 15.4. The second kappa shape index (κ2) is 8.75. The molecular formula is C21H19N3O6. The second-order valence-electron chi connectivity index (χ2n) is 6.68. The van der Waals surface area contributed by atoms with Crippen LogP contribution < -0.4 is 4.90 Å². The van der Waals surface area contributed by atoms with Gasteiger partial charge in [0, 0.05) is 30.8 Å². The van der Waals surface area contributed by atoms with Crippen LogP contribution in [0, 0.1) is 10.1 Å². The fourth-order valence-corrected chi connectivity index (χ4v) is 3.21. The number of carbonyl (C=O) groups excluding carboxylic acids is 1. The lowest BCUT2D eigenvalue weighted by molar-refractivity contribution is -0.384. The van der Waals surface area contributed by atoms with Gasteiger partial charge in [-0.1, -0.05) is 35.5 Å². The summed E-state index contributed by atoms with van der Waals surface area (Å²) in [4.78, 5) is 25.3. The number of aromatic nitrogens is 1. The Balaban J connectivity index is 1.45. The average Bonchev–Trinajstić information content (AvgIpc) is 3.27. The van der Waals surface area contributed by atoms with Crippen LogP contribution in [0.5, 0.6) is 0 Å². The monoisotopic (exact) mass is 409 g/mol. The summed E-state index contributed by atoms with van der Waals surface area (Å²) >= 11 is 0. The lowest BCUT2D eigenvalue weighted by Crippen LogP contribution is -2.36. The lowest BCUT2D eigenvalue weighted by Gasteiger charge is -2.28. The Morgan fingerprint density at radius 2 is 1.90 bits per heavy atom. The van der Waals surface area contributed by atoms with Gasteiger partial charge in [-0.15, -0.1) is 0 Å². The molecule has 0 N–H and O–H groups in total. The van der Waals surface area contributed by atoms with Crippen molar-refractivity contribution in [2.24, 2.45) is 0 Å². The van der Waals surface area contributed by atoms with E-state index in [1.54, 1.807) is 12.1 Å². The first-order valence-electron chi connectivity index (χ1n) is 9.41. The van der Waals surface area contributed by atoms with Gasteiger partial charge in [0.2, 0.25) is 0 Å². The predicted molar refractivity (Wildman–Crippen MR) is 107 cm³/mol. The SMILES string of the molecule is O=C(OCc1cc(-c2ccccc2)on1)c1ccc(N2CCOCC2)c([N+](=O)[O-])c1. The average molecular weight is 409 g/mol. The Hall–Kier alpha value is -3.72. The minimum absolute atomic E-state index is 0.102. The van der Waals surface area contributed by atoms with Crippen LogP contribution in [0.25, 0.3) is 11.3 Å². The van der Waals surface area contributed by atoms with Gasteiger partial charge in [-0.3, -0.25) is 10.1 Å². The number of esters is 1. The third kappa shape index (κ3) is 4.31. The molecule has 0 saturated carbocycles. The molecule has 0 aliphatic carbocycles. The maximum absolute atomic E-state index is 12.4. The summed E-state index contributed by atoms with van der Waals surface area (Å²) in [6.45, 7) is 2.02. The molecule has 0 atom stereocenters. The fraction of sp³-hybridized carbons (Fsp3) is 0.238. The summed E-state index contributed by atoms with van der Waals surface area (Å²) in [6.07, 6.45) is 0. The van der Waals surface area contributed by atoms with E-state index < -0.39 is 10.9 Å². The van der Waals surface area contributed by atoms with E-state index in [4.69, 9.17) is 14.0 Å². The molecule has 0 radical (unpaired) electrons. The van der Waals surface area contributed by atoms with E-state index in [2.05, 4.69) is 5.16 Å². The van der Waals surface area contributed by atoms with Crippen molar-refractivity contribution in [1.29, 1.82) is 0 Å². The molecule has 1 aliphatic rings. The predicted octanol–water partition coefficient (Wildman–Crippen LogP) is 3.44. The fourth-order valence-electron chi connectivity index (χ4n) is 3.21. The first-order valence-corrected chi connectivity index (χ1v) is 9.41. The third-order valence-corrected chi connectivity index (χ3v) is 4.73. The molecule has 0 amide bonds. The van der Waals surface area contributed by atoms with Crippen molar-refractivity contribution < 1.29 is 23.7 Å².